The molecule has 0 radical (unpaired) electrons. The molecule has 0 N–H and O–H groups in total. The third-order valence-corrected chi connectivity index (χ3v) is 10.5. The van der Waals surface area contributed by atoms with Crippen molar-refractivity contribution < 1.29 is 0 Å². The lowest BCUT2D eigenvalue weighted by Crippen LogP contribution is -1.99. The second kappa shape index (κ2) is 10.8. The summed E-state index contributed by atoms with van der Waals surface area (Å²) in [5, 5.41) is 7.40. The Bertz CT molecular complexity index is 3090. The van der Waals surface area contributed by atoms with Crippen molar-refractivity contribution in [1.82, 2.24) is 18.7 Å². The van der Waals surface area contributed by atoms with E-state index < -0.39 is 0 Å². The average Bonchev–Trinajstić information content (AvgIpc) is 3.83. The molecule has 7 aromatic carbocycles. The SMILES string of the molecule is c1ccc(-c2ccc3c(c2)c2ccncc2n3-c2cccc(-n3c4ccccc4c4cc(-n5c6ccccc6c6ccccc65)ccc43)c2)cc1. The maximum Gasteiger partial charge on any atom is 0.0724 e. The van der Waals surface area contributed by atoms with Gasteiger partial charge in [-0.1, -0.05) is 97.1 Å². The van der Waals surface area contributed by atoms with Gasteiger partial charge < -0.3 is 13.7 Å². The van der Waals surface area contributed by atoms with Crippen molar-refractivity contribution in [2.45, 2.75) is 0 Å². The molecule has 0 saturated heterocycles. The van der Waals surface area contributed by atoms with Crippen molar-refractivity contribution in [3.63, 3.8) is 0 Å². The van der Waals surface area contributed by atoms with Crippen LogP contribution in [-0.4, -0.2) is 18.7 Å². The molecule has 0 amide bonds. The molecule has 51 heavy (non-hydrogen) atoms. The number of hydrogen-bond donors (Lipinski definition) is 0. The van der Waals surface area contributed by atoms with Crippen LogP contribution in [0.2, 0.25) is 0 Å². The quantitative estimate of drug-likeness (QED) is 0.186. The second-order valence-corrected chi connectivity index (χ2v) is 13.3. The van der Waals surface area contributed by atoms with Crippen LogP contribution in [0.4, 0.5) is 0 Å². The van der Waals surface area contributed by atoms with E-state index in [0.717, 1.165) is 28.1 Å². The second-order valence-electron chi connectivity index (χ2n) is 13.3. The molecule has 4 nitrogen and oxygen atoms in total. The summed E-state index contributed by atoms with van der Waals surface area (Å²) in [6, 6.07) is 61.5. The van der Waals surface area contributed by atoms with Crippen molar-refractivity contribution in [3.8, 4) is 28.2 Å². The maximum atomic E-state index is 4.57. The number of nitrogens with zero attached hydrogens (tertiary/aromatic N) is 4. The Balaban J connectivity index is 1.12. The fraction of sp³-hybridized carbons (Fsp3) is 0. The topological polar surface area (TPSA) is 27.7 Å². The van der Waals surface area contributed by atoms with E-state index in [1.165, 1.54) is 65.5 Å². The third kappa shape index (κ3) is 4.11. The molecule has 0 aliphatic carbocycles. The minimum Gasteiger partial charge on any atom is -0.309 e. The highest BCUT2D eigenvalue weighted by atomic mass is 15.0. The minimum absolute atomic E-state index is 1.09. The summed E-state index contributed by atoms with van der Waals surface area (Å²) in [5.74, 6) is 0. The van der Waals surface area contributed by atoms with E-state index >= 15 is 0 Å². The fourth-order valence-corrected chi connectivity index (χ4v) is 8.31. The van der Waals surface area contributed by atoms with Gasteiger partial charge in [-0.25, -0.2) is 0 Å². The summed E-state index contributed by atoms with van der Waals surface area (Å²) in [4.78, 5) is 4.57. The summed E-state index contributed by atoms with van der Waals surface area (Å²) >= 11 is 0. The van der Waals surface area contributed by atoms with Crippen LogP contribution in [-0.2, 0) is 0 Å². The van der Waals surface area contributed by atoms with Crippen LogP contribution in [0.15, 0.2) is 182 Å². The van der Waals surface area contributed by atoms with E-state index in [-0.39, 0.29) is 0 Å². The highest BCUT2D eigenvalue weighted by molar-refractivity contribution is 6.13. The molecule has 0 fully saturated rings. The smallest absolute Gasteiger partial charge is 0.0724 e. The molecule has 0 atom stereocenters. The largest absolute Gasteiger partial charge is 0.309 e. The molecule has 0 unspecified atom stereocenters. The first-order valence-corrected chi connectivity index (χ1v) is 17.4. The van der Waals surface area contributed by atoms with Gasteiger partial charge in [-0.05, 0) is 83.9 Å². The fourth-order valence-electron chi connectivity index (χ4n) is 8.31. The molecule has 4 heterocycles. The van der Waals surface area contributed by atoms with Crippen LogP contribution in [0.3, 0.4) is 0 Å². The first-order valence-electron chi connectivity index (χ1n) is 17.4. The van der Waals surface area contributed by atoms with Crippen LogP contribution in [0.1, 0.15) is 0 Å². The maximum absolute atomic E-state index is 4.57. The van der Waals surface area contributed by atoms with E-state index in [1.54, 1.807) is 0 Å². The first kappa shape index (κ1) is 28.0. The molecule has 11 rings (SSSR count). The lowest BCUT2D eigenvalue weighted by atomic mass is 10.0. The zero-order chi connectivity index (χ0) is 33.5. The van der Waals surface area contributed by atoms with Crippen molar-refractivity contribution in [2.24, 2.45) is 0 Å². The predicted octanol–water partition coefficient (Wildman–Crippen LogP) is 12.0. The molecule has 4 aromatic heterocycles. The van der Waals surface area contributed by atoms with E-state index in [9.17, 15) is 0 Å². The number of aromatic nitrogens is 4. The highest BCUT2D eigenvalue weighted by Gasteiger charge is 2.18. The molecule has 0 bridgehead atoms. The molecule has 0 aliphatic rings. The molecule has 0 spiro atoms. The van der Waals surface area contributed by atoms with Crippen LogP contribution in [0.5, 0.6) is 0 Å². The average molecular weight is 651 g/mol. The zero-order valence-corrected chi connectivity index (χ0v) is 27.6. The standard InChI is InChI=1S/C47H30N4/c1-2-11-31(12-3-1)32-21-23-45-40(27-32)39-25-26-48-30-47(39)51(45)34-14-10-13-33(28-34)49-44-20-9-6-17-38(44)41-29-35(22-24-46(41)49)50-42-18-7-4-15-36(42)37-16-5-8-19-43(37)50/h1-30H. The zero-order valence-electron chi connectivity index (χ0n) is 27.6. The Morgan fingerprint density at radius 3 is 1.45 bits per heavy atom. The Kier molecular flexibility index (Phi) is 5.92. The van der Waals surface area contributed by atoms with Crippen molar-refractivity contribution in [1.29, 1.82) is 0 Å². The van der Waals surface area contributed by atoms with Gasteiger partial charge in [0.15, 0.2) is 0 Å². The first-order chi connectivity index (χ1) is 25.3. The monoisotopic (exact) mass is 650 g/mol. The van der Waals surface area contributed by atoms with Gasteiger partial charge in [0.1, 0.15) is 0 Å². The number of rotatable bonds is 4. The van der Waals surface area contributed by atoms with Crippen molar-refractivity contribution >= 4 is 65.4 Å². The van der Waals surface area contributed by atoms with E-state index in [1.807, 2.05) is 12.4 Å². The van der Waals surface area contributed by atoms with E-state index in [0.29, 0.717) is 0 Å². The molecule has 4 heteroatoms. The number of hydrogen-bond acceptors (Lipinski definition) is 1. The van der Waals surface area contributed by atoms with Gasteiger partial charge in [-0.15, -0.1) is 0 Å². The van der Waals surface area contributed by atoms with Gasteiger partial charge in [-0.3, -0.25) is 4.98 Å². The normalized spacial score (nSPS) is 11.9. The third-order valence-electron chi connectivity index (χ3n) is 10.5. The molecule has 11 aromatic rings. The number of para-hydroxylation sites is 3. The van der Waals surface area contributed by atoms with Gasteiger partial charge >= 0.3 is 0 Å². The number of pyridine rings is 1. The molecule has 0 saturated carbocycles. The van der Waals surface area contributed by atoms with Crippen LogP contribution in [0.25, 0.3) is 93.6 Å². The van der Waals surface area contributed by atoms with Crippen LogP contribution in [0, 0.1) is 0 Å². The summed E-state index contributed by atoms with van der Waals surface area (Å²) in [7, 11) is 0. The Morgan fingerprint density at radius 2 is 0.784 bits per heavy atom. The number of fused-ring (bicyclic) bond motifs is 9. The predicted molar refractivity (Wildman–Crippen MR) is 213 cm³/mol. The van der Waals surface area contributed by atoms with E-state index in [4.69, 9.17) is 0 Å². The van der Waals surface area contributed by atoms with Crippen LogP contribution < -0.4 is 0 Å². The lowest BCUT2D eigenvalue weighted by molar-refractivity contribution is 1.13. The Labute approximate surface area is 293 Å². The van der Waals surface area contributed by atoms with Crippen molar-refractivity contribution in [3.05, 3.63) is 182 Å². The molecular formula is C47H30N4. The van der Waals surface area contributed by atoms with E-state index in [2.05, 4.69) is 189 Å². The Morgan fingerprint density at radius 1 is 0.294 bits per heavy atom. The highest BCUT2D eigenvalue weighted by Crippen LogP contribution is 2.39. The molecule has 238 valence electrons. The summed E-state index contributed by atoms with van der Waals surface area (Å²) in [5.41, 5.74) is 12.8. The van der Waals surface area contributed by atoms with Crippen LogP contribution >= 0.6 is 0 Å². The van der Waals surface area contributed by atoms with Gasteiger partial charge in [0, 0.05) is 55.6 Å². The van der Waals surface area contributed by atoms with Gasteiger partial charge in [-0.2, -0.15) is 0 Å². The lowest BCUT2D eigenvalue weighted by Gasteiger charge is -2.13. The van der Waals surface area contributed by atoms with Gasteiger partial charge in [0.05, 0.1) is 39.3 Å². The minimum atomic E-state index is 1.09. The summed E-state index contributed by atoms with van der Waals surface area (Å²) in [6.45, 7) is 0. The number of benzene rings is 7. The molecule has 0 aliphatic heterocycles. The van der Waals surface area contributed by atoms with Gasteiger partial charge in [0.25, 0.3) is 0 Å². The summed E-state index contributed by atoms with van der Waals surface area (Å²) < 4.78 is 7.16. The van der Waals surface area contributed by atoms with Gasteiger partial charge in [0.2, 0.25) is 0 Å². The Hall–Kier alpha value is -6.91. The summed E-state index contributed by atoms with van der Waals surface area (Å²) in [6.07, 6.45) is 3.88. The van der Waals surface area contributed by atoms with Crippen molar-refractivity contribution in [2.75, 3.05) is 0 Å². The molecular weight excluding hydrogens is 621 g/mol.